The van der Waals surface area contributed by atoms with E-state index in [-0.39, 0.29) is 24.0 Å². The van der Waals surface area contributed by atoms with Gasteiger partial charge in [-0.2, -0.15) is 0 Å². The Hall–Kier alpha value is -0.340. The number of nitrogens with zero attached hydrogens (tertiary/aromatic N) is 2. The fourth-order valence-corrected chi connectivity index (χ4v) is 3.84. The molecule has 1 atom stereocenters. The van der Waals surface area contributed by atoms with Gasteiger partial charge in [0.15, 0.2) is 5.96 Å². The normalized spacial score (nSPS) is 20.4. The third-order valence-corrected chi connectivity index (χ3v) is 5.46. The van der Waals surface area contributed by atoms with Crippen molar-refractivity contribution in [3.63, 3.8) is 0 Å². The first kappa shape index (κ1) is 24.7. The summed E-state index contributed by atoms with van der Waals surface area (Å²) < 4.78 is 5.38. The molecule has 0 saturated carbocycles. The third kappa shape index (κ3) is 9.61. The van der Waals surface area contributed by atoms with E-state index in [0.29, 0.717) is 12.0 Å². The third-order valence-electron chi connectivity index (χ3n) is 5.46. The average Bonchev–Trinajstić information content (AvgIpc) is 2.92. The summed E-state index contributed by atoms with van der Waals surface area (Å²) in [6.45, 7) is 13.6. The highest BCUT2D eigenvalue weighted by Crippen LogP contribution is 2.18. The first-order chi connectivity index (χ1) is 12.7. The van der Waals surface area contributed by atoms with Gasteiger partial charge in [0.05, 0.1) is 19.8 Å². The highest BCUT2D eigenvalue weighted by atomic mass is 127. The Morgan fingerprint density at radius 2 is 1.93 bits per heavy atom. The van der Waals surface area contributed by atoms with Crippen molar-refractivity contribution >= 4 is 29.9 Å². The van der Waals surface area contributed by atoms with Crippen LogP contribution in [0, 0.1) is 5.92 Å². The topological polar surface area (TPSA) is 48.9 Å². The van der Waals surface area contributed by atoms with Crippen LogP contribution in [-0.2, 0) is 4.74 Å². The molecule has 0 radical (unpaired) electrons. The van der Waals surface area contributed by atoms with Crippen LogP contribution in [0.5, 0.6) is 0 Å². The molecule has 0 bridgehead atoms. The van der Waals surface area contributed by atoms with Gasteiger partial charge in [-0.05, 0) is 51.6 Å². The highest BCUT2D eigenvalue weighted by Gasteiger charge is 2.22. The number of aliphatic imine (C=N–C) groups is 1. The number of guanidine groups is 1. The number of rotatable bonds is 8. The summed E-state index contributed by atoms with van der Waals surface area (Å²) in [6.07, 6.45) is 9.82. The van der Waals surface area contributed by atoms with Crippen LogP contribution in [0.4, 0.5) is 0 Å². The van der Waals surface area contributed by atoms with E-state index in [1.54, 1.807) is 0 Å². The molecule has 27 heavy (non-hydrogen) atoms. The number of nitrogens with one attached hydrogen (secondary N) is 2. The van der Waals surface area contributed by atoms with Crippen LogP contribution in [-0.4, -0.2) is 62.8 Å². The molecule has 0 amide bonds. The van der Waals surface area contributed by atoms with Crippen LogP contribution in [0.2, 0.25) is 0 Å². The molecule has 6 heteroatoms. The maximum atomic E-state index is 5.38. The maximum absolute atomic E-state index is 5.38. The Bertz CT molecular complexity index is 445. The van der Waals surface area contributed by atoms with Gasteiger partial charge in [-0.3, -0.25) is 9.89 Å². The second kappa shape index (κ2) is 14.6. The lowest BCUT2D eigenvalue weighted by atomic mass is 10.0. The molecular formula is C21H41IN4O. The van der Waals surface area contributed by atoms with Gasteiger partial charge in [0.25, 0.3) is 0 Å². The van der Waals surface area contributed by atoms with Crippen molar-refractivity contribution in [3.8, 4) is 0 Å². The maximum Gasteiger partial charge on any atom is 0.191 e. The minimum Gasteiger partial charge on any atom is -0.377 e. The van der Waals surface area contributed by atoms with E-state index < -0.39 is 0 Å². The minimum absolute atomic E-state index is 0. The predicted octanol–water partition coefficient (Wildman–Crippen LogP) is 3.80. The summed E-state index contributed by atoms with van der Waals surface area (Å²) in [5.74, 6) is 1.59. The van der Waals surface area contributed by atoms with Gasteiger partial charge in [-0.25, -0.2) is 0 Å². The first-order valence-electron chi connectivity index (χ1n) is 10.7. The zero-order chi connectivity index (χ0) is 18.6. The largest absolute Gasteiger partial charge is 0.377 e. The monoisotopic (exact) mass is 492 g/mol. The van der Waals surface area contributed by atoms with E-state index >= 15 is 0 Å². The van der Waals surface area contributed by atoms with Gasteiger partial charge >= 0.3 is 0 Å². The number of likely N-dealkylation sites (tertiary alicyclic amines) is 1. The van der Waals surface area contributed by atoms with Gasteiger partial charge in [-0.15, -0.1) is 24.0 Å². The molecule has 2 heterocycles. The summed E-state index contributed by atoms with van der Waals surface area (Å²) in [5, 5.41) is 6.92. The van der Waals surface area contributed by atoms with Gasteiger partial charge < -0.3 is 15.4 Å². The Balaban J connectivity index is 0.00000364. The molecule has 1 unspecified atom stereocenters. The Kier molecular flexibility index (Phi) is 13.4. The minimum atomic E-state index is 0. The van der Waals surface area contributed by atoms with E-state index in [0.717, 1.165) is 51.6 Å². The van der Waals surface area contributed by atoms with E-state index in [1.165, 1.54) is 44.3 Å². The zero-order valence-electron chi connectivity index (χ0n) is 17.6. The summed E-state index contributed by atoms with van der Waals surface area (Å²) in [4.78, 5) is 7.61. The van der Waals surface area contributed by atoms with Crippen molar-refractivity contribution in [3.05, 3.63) is 11.6 Å². The SMILES string of the molecule is CCNC(=NCC(C(C)C)N1CCCCCC1)NCCC1=CCOCC1.I. The Labute approximate surface area is 183 Å². The van der Waals surface area contributed by atoms with Crippen LogP contribution in [0.3, 0.4) is 0 Å². The van der Waals surface area contributed by atoms with Gasteiger partial charge in [-0.1, -0.05) is 38.3 Å². The van der Waals surface area contributed by atoms with Crippen molar-refractivity contribution < 1.29 is 4.74 Å². The Morgan fingerprint density at radius 3 is 2.52 bits per heavy atom. The van der Waals surface area contributed by atoms with Gasteiger partial charge in [0.1, 0.15) is 0 Å². The lowest BCUT2D eigenvalue weighted by molar-refractivity contribution is 0.153. The van der Waals surface area contributed by atoms with E-state index in [4.69, 9.17) is 9.73 Å². The molecule has 1 fully saturated rings. The number of ether oxygens (including phenoxy) is 1. The molecule has 0 spiro atoms. The predicted molar refractivity (Wildman–Crippen MR) is 126 cm³/mol. The molecule has 158 valence electrons. The van der Waals surface area contributed by atoms with Crippen LogP contribution in [0.1, 0.15) is 59.3 Å². The molecule has 2 aliphatic rings. The summed E-state index contributed by atoms with van der Waals surface area (Å²) in [6, 6.07) is 0.543. The van der Waals surface area contributed by atoms with Crippen molar-refractivity contribution in [2.45, 2.75) is 65.3 Å². The second-order valence-corrected chi connectivity index (χ2v) is 7.85. The van der Waals surface area contributed by atoms with Crippen molar-refractivity contribution in [1.82, 2.24) is 15.5 Å². The molecular weight excluding hydrogens is 451 g/mol. The highest BCUT2D eigenvalue weighted by molar-refractivity contribution is 14.0. The molecule has 2 aliphatic heterocycles. The molecule has 2 N–H and O–H groups in total. The summed E-state index contributed by atoms with van der Waals surface area (Å²) in [7, 11) is 0. The molecule has 0 aromatic rings. The fraction of sp³-hybridized carbons (Fsp3) is 0.857. The molecule has 5 nitrogen and oxygen atoms in total. The molecule has 0 aromatic heterocycles. The molecule has 2 rings (SSSR count). The smallest absolute Gasteiger partial charge is 0.191 e. The number of halogens is 1. The number of hydrogen-bond donors (Lipinski definition) is 2. The Morgan fingerprint density at radius 1 is 1.19 bits per heavy atom. The first-order valence-corrected chi connectivity index (χ1v) is 10.7. The molecule has 0 aromatic carbocycles. The number of hydrogen-bond acceptors (Lipinski definition) is 3. The van der Waals surface area contributed by atoms with Crippen molar-refractivity contribution in [2.75, 3.05) is 45.9 Å². The second-order valence-electron chi connectivity index (χ2n) is 7.85. The van der Waals surface area contributed by atoms with E-state index in [1.807, 2.05) is 0 Å². The van der Waals surface area contributed by atoms with E-state index in [2.05, 4.69) is 42.4 Å². The average molecular weight is 492 g/mol. The van der Waals surface area contributed by atoms with Gasteiger partial charge in [0.2, 0.25) is 0 Å². The van der Waals surface area contributed by atoms with Crippen molar-refractivity contribution in [1.29, 1.82) is 0 Å². The van der Waals surface area contributed by atoms with Crippen LogP contribution >= 0.6 is 24.0 Å². The lowest BCUT2D eigenvalue weighted by Crippen LogP contribution is -2.44. The zero-order valence-corrected chi connectivity index (χ0v) is 20.0. The molecule has 1 saturated heterocycles. The lowest BCUT2D eigenvalue weighted by Gasteiger charge is -2.32. The quantitative estimate of drug-likeness (QED) is 0.234. The van der Waals surface area contributed by atoms with Gasteiger partial charge in [0, 0.05) is 19.1 Å². The van der Waals surface area contributed by atoms with Crippen molar-refractivity contribution in [2.24, 2.45) is 10.9 Å². The van der Waals surface area contributed by atoms with Crippen LogP contribution < -0.4 is 10.6 Å². The fourth-order valence-electron chi connectivity index (χ4n) is 3.84. The summed E-state index contributed by atoms with van der Waals surface area (Å²) >= 11 is 0. The summed E-state index contributed by atoms with van der Waals surface area (Å²) in [5.41, 5.74) is 1.50. The standard InChI is InChI=1S/C21H40N4O.HI/c1-4-22-21(23-12-9-19-10-15-26-16-11-19)24-17-20(18(2)3)25-13-7-5-6-8-14-25;/h10,18,20H,4-9,11-17H2,1-3H3,(H2,22,23,24);1H. The molecule has 0 aliphatic carbocycles. The van der Waals surface area contributed by atoms with Crippen LogP contribution in [0.25, 0.3) is 0 Å². The van der Waals surface area contributed by atoms with E-state index in [9.17, 15) is 0 Å². The van der Waals surface area contributed by atoms with Crippen LogP contribution in [0.15, 0.2) is 16.6 Å².